The van der Waals surface area contributed by atoms with Crippen molar-refractivity contribution in [3.8, 4) is 22.6 Å². The summed E-state index contributed by atoms with van der Waals surface area (Å²) in [5.74, 6) is 0.383. The second-order valence-corrected chi connectivity index (χ2v) is 4.31. The fourth-order valence-electron chi connectivity index (χ4n) is 1.99. The SMILES string of the molecule is COc1ccc(-c2cccc(OC(F)(F)F)c2)cc1CN.Cl. The molecule has 0 aliphatic rings. The van der Waals surface area contributed by atoms with Crippen LogP contribution in [0.15, 0.2) is 42.5 Å². The minimum atomic E-state index is -4.71. The number of halogens is 4. The largest absolute Gasteiger partial charge is 0.573 e. The van der Waals surface area contributed by atoms with Crippen LogP contribution >= 0.6 is 12.4 Å². The average molecular weight is 334 g/mol. The van der Waals surface area contributed by atoms with Gasteiger partial charge in [-0.25, -0.2) is 0 Å². The molecule has 0 amide bonds. The fraction of sp³-hybridized carbons (Fsp3) is 0.200. The molecule has 2 N–H and O–H groups in total. The molecule has 0 atom stereocenters. The lowest BCUT2D eigenvalue weighted by molar-refractivity contribution is -0.274. The lowest BCUT2D eigenvalue weighted by Gasteiger charge is -2.12. The number of ether oxygens (including phenoxy) is 2. The molecule has 0 aliphatic carbocycles. The van der Waals surface area contributed by atoms with Crippen molar-refractivity contribution in [1.82, 2.24) is 0 Å². The summed E-state index contributed by atoms with van der Waals surface area (Å²) in [5.41, 5.74) is 7.75. The third-order valence-corrected chi connectivity index (χ3v) is 2.90. The first-order valence-electron chi connectivity index (χ1n) is 6.16. The molecule has 0 saturated heterocycles. The summed E-state index contributed by atoms with van der Waals surface area (Å²) >= 11 is 0. The molecular formula is C15H15ClF3NO2. The Morgan fingerprint density at radius 1 is 1.05 bits per heavy atom. The topological polar surface area (TPSA) is 44.5 Å². The van der Waals surface area contributed by atoms with E-state index in [-0.39, 0.29) is 24.7 Å². The Balaban J connectivity index is 0.00000242. The van der Waals surface area contributed by atoms with Gasteiger partial charge in [0.1, 0.15) is 11.5 Å². The number of benzene rings is 2. The van der Waals surface area contributed by atoms with Crippen molar-refractivity contribution in [3.63, 3.8) is 0 Å². The second kappa shape index (κ2) is 7.38. The molecule has 0 unspecified atom stereocenters. The zero-order valence-electron chi connectivity index (χ0n) is 11.7. The lowest BCUT2D eigenvalue weighted by Crippen LogP contribution is -2.17. The minimum absolute atomic E-state index is 0. The van der Waals surface area contributed by atoms with Crippen LogP contribution in [-0.4, -0.2) is 13.5 Å². The smallest absolute Gasteiger partial charge is 0.496 e. The third kappa shape index (κ3) is 4.54. The molecule has 0 aliphatic heterocycles. The number of hydrogen-bond donors (Lipinski definition) is 1. The highest BCUT2D eigenvalue weighted by atomic mass is 35.5. The summed E-state index contributed by atoms with van der Waals surface area (Å²) in [5, 5.41) is 0. The van der Waals surface area contributed by atoms with Gasteiger partial charge in [0.15, 0.2) is 0 Å². The highest BCUT2D eigenvalue weighted by Crippen LogP contribution is 2.30. The van der Waals surface area contributed by atoms with Crippen molar-refractivity contribution in [2.24, 2.45) is 5.73 Å². The van der Waals surface area contributed by atoms with Crippen LogP contribution in [-0.2, 0) is 6.54 Å². The van der Waals surface area contributed by atoms with Crippen LogP contribution < -0.4 is 15.2 Å². The van der Waals surface area contributed by atoms with Gasteiger partial charge in [-0.2, -0.15) is 0 Å². The van der Waals surface area contributed by atoms with E-state index in [2.05, 4.69) is 4.74 Å². The van der Waals surface area contributed by atoms with Gasteiger partial charge in [-0.05, 0) is 35.4 Å². The number of methoxy groups -OCH3 is 1. The van der Waals surface area contributed by atoms with Crippen LogP contribution in [0, 0.1) is 0 Å². The maximum Gasteiger partial charge on any atom is 0.573 e. The highest BCUT2D eigenvalue weighted by Gasteiger charge is 2.31. The molecule has 0 saturated carbocycles. The maximum absolute atomic E-state index is 12.2. The Kier molecular flexibility index (Phi) is 6.08. The molecule has 0 radical (unpaired) electrons. The maximum atomic E-state index is 12.2. The monoisotopic (exact) mass is 333 g/mol. The van der Waals surface area contributed by atoms with Gasteiger partial charge in [0.05, 0.1) is 7.11 Å². The molecule has 2 rings (SSSR count). The van der Waals surface area contributed by atoms with Crippen LogP contribution in [0.25, 0.3) is 11.1 Å². The second-order valence-electron chi connectivity index (χ2n) is 4.31. The Hall–Kier alpha value is -1.92. The normalized spacial score (nSPS) is 10.8. The number of alkyl halides is 3. The van der Waals surface area contributed by atoms with Crippen molar-refractivity contribution in [3.05, 3.63) is 48.0 Å². The van der Waals surface area contributed by atoms with Gasteiger partial charge in [-0.1, -0.05) is 18.2 Å². The van der Waals surface area contributed by atoms with Gasteiger partial charge < -0.3 is 15.2 Å². The molecule has 0 spiro atoms. The first-order chi connectivity index (χ1) is 9.93. The van der Waals surface area contributed by atoms with Crippen LogP contribution in [0.5, 0.6) is 11.5 Å². The van der Waals surface area contributed by atoms with Gasteiger partial charge in [0, 0.05) is 12.1 Å². The Labute approximate surface area is 132 Å². The predicted octanol–water partition coefficient (Wildman–Crippen LogP) is 4.14. The third-order valence-electron chi connectivity index (χ3n) is 2.90. The zero-order chi connectivity index (χ0) is 15.5. The number of hydrogen-bond acceptors (Lipinski definition) is 3. The van der Waals surface area contributed by atoms with Crippen LogP contribution in [0.3, 0.4) is 0 Å². The minimum Gasteiger partial charge on any atom is -0.496 e. The number of rotatable bonds is 4. The Bertz CT molecular complexity index is 632. The van der Waals surface area contributed by atoms with E-state index in [0.29, 0.717) is 11.3 Å². The van der Waals surface area contributed by atoms with Crippen molar-refractivity contribution >= 4 is 12.4 Å². The summed E-state index contributed by atoms with van der Waals surface area (Å²) in [4.78, 5) is 0. The summed E-state index contributed by atoms with van der Waals surface area (Å²) in [6.45, 7) is 0.274. The van der Waals surface area contributed by atoms with Gasteiger partial charge in [-0.3, -0.25) is 0 Å². The molecule has 0 fully saturated rings. The molecule has 3 nitrogen and oxygen atoms in total. The van der Waals surface area contributed by atoms with Crippen LogP contribution in [0.2, 0.25) is 0 Å². The van der Waals surface area contributed by atoms with Gasteiger partial charge in [0.2, 0.25) is 0 Å². The molecule has 22 heavy (non-hydrogen) atoms. The van der Waals surface area contributed by atoms with E-state index < -0.39 is 6.36 Å². The van der Waals surface area contributed by atoms with Crippen LogP contribution in [0.1, 0.15) is 5.56 Å². The van der Waals surface area contributed by atoms with E-state index in [1.165, 1.54) is 25.3 Å². The summed E-state index contributed by atoms with van der Waals surface area (Å²) in [6, 6.07) is 11.1. The van der Waals surface area contributed by atoms with E-state index in [1.807, 2.05) is 0 Å². The molecule has 0 heterocycles. The van der Waals surface area contributed by atoms with E-state index in [9.17, 15) is 13.2 Å². The summed E-state index contributed by atoms with van der Waals surface area (Å²) < 4.78 is 45.8. The predicted molar refractivity (Wildman–Crippen MR) is 80.3 cm³/mol. The lowest BCUT2D eigenvalue weighted by atomic mass is 10.0. The zero-order valence-corrected chi connectivity index (χ0v) is 12.5. The molecule has 2 aromatic rings. The van der Waals surface area contributed by atoms with Gasteiger partial charge in [0.25, 0.3) is 0 Å². The molecule has 2 aromatic carbocycles. The van der Waals surface area contributed by atoms with Crippen molar-refractivity contribution in [2.75, 3.05) is 7.11 Å². The van der Waals surface area contributed by atoms with E-state index in [4.69, 9.17) is 10.5 Å². The fourth-order valence-corrected chi connectivity index (χ4v) is 1.99. The van der Waals surface area contributed by atoms with Crippen LogP contribution in [0.4, 0.5) is 13.2 Å². The van der Waals surface area contributed by atoms with Crippen molar-refractivity contribution < 1.29 is 22.6 Å². The van der Waals surface area contributed by atoms with Gasteiger partial charge in [-0.15, -0.1) is 25.6 Å². The first-order valence-corrected chi connectivity index (χ1v) is 6.16. The Morgan fingerprint density at radius 2 is 1.73 bits per heavy atom. The first kappa shape index (κ1) is 18.1. The molecule has 120 valence electrons. The van der Waals surface area contributed by atoms with Crippen molar-refractivity contribution in [1.29, 1.82) is 0 Å². The average Bonchev–Trinajstić information content (AvgIpc) is 2.45. The standard InChI is InChI=1S/C15H14F3NO2.ClH/c1-20-14-6-5-11(7-12(14)9-19)10-3-2-4-13(8-10)21-15(16,17)18;/h2-8H,9,19H2,1H3;1H. The highest BCUT2D eigenvalue weighted by molar-refractivity contribution is 5.85. The number of nitrogens with two attached hydrogens (primary N) is 1. The summed E-state index contributed by atoms with van der Waals surface area (Å²) in [7, 11) is 1.53. The Morgan fingerprint density at radius 3 is 2.32 bits per heavy atom. The quantitative estimate of drug-likeness (QED) is 0.914. The van der Waals surface area contributed by atoms with E-state index >= 15 is 0 Å². The molecule has 0 bridgehead atoms. The van der Waals surface area contributed by atoms with Gasteiger partial charge >= 0.3 is 6.36 Å². The van der Waals surface area contributed by atoms with E-state index in [0.717, 1.165) is 11.1 Å². The molecule has 7 heteroatoms. The molecular weight excluding hydrogens is 319 g/mol. The molecule has 0 aromatic heterocycles. The van der Waals surface area contributed by atoms with Crippen molar-refractivity contribution in [2.45, 2.75) is 12.9 Å². The van der Waals surface area contributed by atoms with E-state index in [1.54, 1.807) is 24.3 Å². The summed E-state index contributed by atoms with van der Waals surface area (Å²) in [6.07, 6.45) is -4.71.